The molecule has 1 amide bonds. The van der Waals surface area contributed by atoms with E-state index in [0.29, 0.717) is 28.6 Å². The van der Waals surface area contributed by atoms with Gasteiger partial charge in [0, 0.05) is 17.5 Å². The summed E-state index contributed by atoms with van der Waals surface area (Å²) in [5.41, 5.74) is 0.583. The molecule has 7 nitrogen and oxygen atoms in total. The lowest BCUT2D eigenvalue weighted by atomic mass is 10.1. The second-order valence-corrected chi connectivity index (χ2v) is 8.14. The van der Waals surface area contributed by atoms with E-state index in [1.807, 2.05) is 13.8 Å². The van der Waals surface area contributed by atoms with Gasteiger partial charge in [-0.1, -0.05) is 50.2 Å². The Morgan fingerprint density at radius 2 is 1.75 bits per heavy atom. The van der Waals surface area contributed by atoms with Gasteiger partial charge in [0.2, 0.25) is 0 Å². The first-order chi connectivity index (χ1) is 15.4. The highest BCUT2D eigenvalue weighted by Crippen LogP contribution is 2.22. The minimum absolute atomic E-state index is 0.104. The van der Waals surface area contributed by atoms with Crippen molar-refractivity contribution in [1.29, 1.82) is 0 Å². The summed E-state index contributed by atoms with van der Waals surface area (Å²) in [6.07, 6.45) is 1.55. The molecule has 2 aromatic heterocycles. The molecular formula is C25H25N3O4. The average Bonchev–Trinajstić information content (AvgIpc) is 3.29. The minimum Gasteiger partial charge on any atom is -0.508 e. The van der Waals surface area contributed by atoms with Crippen molar-refractivity contribution in [2.75, 3.05) is 0 Å². The summed E-state index contributed by atoms with van der Waals surface area (Å²) in [4.78, 5) is 28.3. The van der Waals surface area contributed by atoms with Gasteiger partial charge in [0.15, 0.2) is 5.69 Å². The Labute approximate surface area is 185 Å². The quantitative estimate of drug-likeness (QED) is 0.474. The van der Waals surface area contributed by atoms with Crippen LogP contribution in [0.4, 0.5) is 0 Å². The summed E-state index contributed by atoms with van der Waals surface area (Å²) >= 11 is 0. The maximum absolute atomic E-state index is 13.8. The number of aromatic nitrogens is 2. The van der Waals surface area contributed by atoms with Crippen LogP contribution in [0.5, 0.6) is 5.75 Å². The van der Waals surface area contributed by atoms with E-state index in [1.165, 1.54) is 4.68 Å². The first-order valence-corrected chi connectivity index (χ1v) is 10.5. The predicted octanol–water partition coefficient (Wildman–Crippen LogP) is 4.19. The Morgan fingerprint density at radius 3 is 2.44 bits per heavy atom. The van der Waals surface area contributed by atoms with E-state index < -0.39 is 0 Å². The minimum atomic E-state index is -0.349. The number of para-hydroxylation sites is 1. The van der Waals surface area contributed by atoms with Crippen LogP contribution < -0.4 is 5.56 Å². The van der Waals surface area contributed by atoms with Crippen LogP contribution in [0.3, 0.4) is 0 Å². The van der Waals surface area contributed by atoms with Crippen LogP contribution in [0.25, 0.3) is 10.8 Å². The van der Waals surface area contributed by atoms with E-state index in [2.05, 4.69) is 5.10 Å². The van der Waals surface area contributed by atoms with Crippen molar-refractivity contribution in [3.8, 4) is 5.75 Å². The summed E-state index contributed by atoms with van der Waals surface area (Å²) < 4.78 is 6.84. The summed E-state index contributed by atoms with van der Waals surface area (Å²) in [6, 6.07) is 17.5. The van der Waals surface area contributed by atoms with Gasteiger partial charge >= 0.3 is 0 Å². The number of hydrogen-bond acceptors (Lipinski definition) is 5. The van der Waals surface area contributed by atoms with Crippen molar-refractivity contribution in [1.82, 2.24) is 14.7 Å². The zero-order valence-electron chi connectivity index (χ0n) is 18.1. The van der Waals surface area contributed by atoms with Crippen LogP contribution in [-0.2, 0) is 19.6 Å². The predicted molar refractivity (Wildman–Crippen MR) is 121 cm³/mol. The molecule has 0 spiro atoms. The molecule has 2 heterocycles. The van der Waals surface area contributed by atoms with Crippen LogP contribution in [0.2, 0.25) is 0 Å². The Morgan fingerprint density at radius 1 is 1.03 bits per heavy atom. The first-order valence-electron chi connectivity index (χ1n) is 10.5. The molecular weight excluding hydrogens is 406 g/mol. The highest BCUT2D eigenvalue weighted by molar-refractivity contribution is 6.04. The molecule has 0 saturated heterocycles. The number of aromatic hydroxyl groups is 1. The fraction of sp³-hybridized carbons (Fsp3) is 0.240. The molecule has 1 N–H and O–H groups in total. The van der Waals surface area contributed by atoms with Gasteiger partial charge in [0.05, 0.1) is 24.7 Å². The van der Waals surface area contributed by atoms with Crippen LogP contribution in [0.1, 0.15) is 35.7 Å². The summed E-state index contributed by atoms with van der Waals surface area (Å²) in [7, 11) is 0. The van der Waals surface area contributed by atoms with Crippen molar-refractivity contribution in [2.45, 2.75) is 33.5 Å². The van der Waals surface area contributed by atoms with E-state index in [-0.39, 0.29) is 41.9 Å². The highest BCUT2D eigenvalue weighted by Gasteiger charge is 2.24. The van der Waals surface area contributed by atoms with Crippen molar-refractivity contribution in [2.24, 2.45) is 5.92 Å². The third kappa shape index (κ3) is 4.42. The monoisotopic (exact) mass is 431 g/mol. The molecule has 0 unspecified atom stereocenters. The van der Waals surface area contributed by atoms with Crippen LogP contribution in [-0.4, -0.2) is 25.7 Å². The van der Waals surface area contributed by atoms with E-state index >= 15 is 0 Å². The molecule has 2 aromatic carbocycles. The second kappa shape index (κ2) is 9.09. The zero-order chi connectivity index (χ0) is 22.7. The molecule has 4 aromatic rings. The van der Waals surface area contributed by atoms with Crippen molar-refractivity contribution >= 4 is 16.7 Å². The topological polar surface area (TPSA) is 88.6 Å². The normalized spacial score (nSPS) is 11.2. The zero-order valence-corrected chi connectivity index (χ0v) is 18.1. The number of rotatable bonds is 7. The van der Waals surface area contributed by atoms with E-state index in [9.17, 15) is 14.7 Å². The highest BCUT2D eigenvalue weighted by atomic mass is 16.3. The van der Waals surface area contributed by atoms with Crippen molar-refractivity contribution < 1.29 is 14.3 Å². The van der Waals surface area contributed by atoms with Gasteiger partial charge in [0.1, 0.15) is 11.5 Å². The number of fused-ring (bicyclic) bond motifs is 1. The number of phenols is 1. The van der Waals surface area contributed by atoms with Crippen LogP contribution in [0.15, 0.2) is 76.1 Å². The largest absolute Gasteiger partial charge is 0.508 e. The molecule has 7 heteroatoms. The number of benzene rings is 2. The number of carbonyl (C=O) groups is 1. The first kappa shape index (κ1) is 21.4. The number of hydrogen-bond donors (Lipinski definition) is 1. The lowest BCUT2D eigenvalue weighted by Gasteiger charge is -2.23. The second-order valence-electron chi connectivity index (χ2n) is 8.14. The molecule has 0 aliphatic rings. The lowest BCUT2D eigenvalue weighted by molar-refractivity contribution is 0.0710. The summed E-state index contributed by atoms with van der Waals surface area (Å²) in [5.74, 6) is 0.545. The molecule has 164 valence electrons. The van der Waals surface area contributed by atoms with Crippen molar-refractivity contribution in [3.63, 3.8) is 0 Å². The summed E-state index contributed by atoms with van der Waals surface area (Å²) in [5, 5.41) is 15.7. The Hall–Kier alpha value is -3.87. The molecule has 0 fully saturated rings. The number of furan rings is 1. The molecule has 4 rings (SSSR count). The number of carbonyl (C=O) groups excluding carboxylic acids is 1. The molecule has 0 atom stereocenters. The Balaban J connectivity index is 1.81. The van der Waals surface area contributed by atoms with Gasteiger partial charge in [-0.25, -0.2) is 4.68 Å². The SMILES string of the molecule is CC(C)Cn1nc(C(=O)N(Cc2ccco2)Cc2ccccc2O)c2ccccc2c1=O. The van der Waals surface area contributed by atoms with E-state index in [0.717, 1.165) is 0 Å². The standard InChI is InChI=1S/C25H25N3O4/c1-17(2)14-28-24(30)21-11-5-4-10-20(21)23(26-28)25(31)27(16-19-9-7-13-32-19)15-18-8-3-6-12-22(18)29/h3-13,17,29H,14-16H2,1-2H3. The third-order valence-electron chi connectivity index (χ3n) is 5.18. The number of phenolic OH excluding ortho intramolecular Hbond substituents is 1. The lowest BCUT2D eigenvalue weighted by Crippen LogP contribution is -2.34. The Kier molecular flexibility index (Phi) is 6.07. The van der Waals surface area contributed by atoms with Gasteiger partial charge < -0.3 is 14.4 Å². The third-order valence-corrected chi connectivity index (χ3v) is 5.18. The van der Waals surface area contributed by atoms with Gasteiger partial charge in [-0.15, -0.1) is 0 Å². The van der Waals surface area contributed by atoms with Gasteiger partial charge in [-0.3, -0.25) is 9.59 Å². The smallest absolute Gasteiger partial charge is 0.275 e. The fourth-order valence-electron chi connectivity index (χ4n) is 3.65. The molecule has 0 radical (unpaired) electrons. The molecule has 32 heavy (non-hydrogen) atoms. The van der Waals surface area contributed by atoms with Crippen LogP contribution in [0, 0.1) is 5.92 Å². The van der Waals surface area contributed by atoms with Gasteiger partial charge in [0.25, 0.3) is 11.5 Å². The average molecular weight is 431 g/mol. The maximum Gasteiger partial charge on any atom is 0.275 e. The Bertz CT molecular complexity index is 1290. The fourth-order valence-corrected chi connectivity index (χ4v) is 3.65. The van der Waals surface area contributed by atoms with Gasteiger partial charge in [-0.2, -0.15) is 5.10 Å². The van der Waals surface area contributed by atoms with E-state index in [4.69, 9.17) is 4.42 Å². The number of amides is 1. The molecule has 0 bridgehead atoms. The molecule has 0 saturated carbocycles. The van der Waals surface area contributed by atoms with Crippen LogP contribution >= 0.6 is 0 Å². The summed E-state index contributed by atoms with van der Waals surface area (Å²) in [6.45, 7) is 4.74. The van der Waals surface area contributed by atoms with Crippen molar-refractivity contribution in [3.05, 3.63) is 94.3 Å². The van der Waals surface area contributed by atoms with Gasteiger partial charge in [-0.05, 0) is 30.2 Å². The number of nitrogens with zero attached hydrogens (tertiary/aromatic N) is 3. The maximum atomic E-state index is 13.8. The molecule has 0 aliphatic carbocycles. The molecule has 0 aliphatic heterocycles. The van der Waals surface area contributed by atoms with E-state index in [1.54, 1.807) is 71.8 Å².